The summed E-state index contributed by atoms with van der Waals surface area (Å²) in [5, 5.41) is 3.94. The van der Waals surface area contributed by atoms with Crippen molar-refractivity contribution in [1.29, 1.82) is 0 Å². The normalized spacial score (nSPS) is 12.0. The zero-order chi connectivity index (χ0) is 22.4. The number of amides is 2. The summed E-state index contributed by atoms with van der Waals surface area (Å²) < 4.78 is 0. The number of aryl methyl sites for hydroxylation is 2. The van der Waals surface area contributed by atoms with Crippen LogP contribution < -0.4 is 5.32 Å². The van der Waals surface area contributed by atoms with Crippen LogP contribution in [0.25, 0.3) is 0 Å². The molecular weight excluding hydrogens is 419 g/mol. The number of halogens is 2. The summed E-state index contributed by atoms with van der Waals surface area (Å²) in [6, 6.07) is 10.7. The molecule has 1 N–H and O–H groups in total. The summed E-state index contributed by atoms with van der Waals surface area (Å²) in [7, 11) is 0. The molecule has 0 heterocycles. The lowest BCUT2D eigenvalue weighted by atomic mass is 10.0. The Morgan fingerprint density at radius 3 is 2.20 bits per heavy atom. The maximum Gasteiger partial charge on any atom is 0.243 e. The molecule has 4 nitrogen and oxygen atoms in total. The Morgan fingerprint density at radius 2 is 1.67 bits per heavy atom. The number of benzene rings is 2. The van der Waals surface area contributed by atoms with E-state index in [9.17, 15) is 9.59 Å². The van der Waals surface area contributed by atoms with E-state index in [-0.39, 0.29) is 30.8 Å². The first-order chi connectivity index (χ1) is 14.1. The third kappa shape index (κ3) is 6.75. The largest absolute Gasteiger partial charge is 0.352 e. The van der Waals surface area contributed by atoms with Gasteiger partial charge in [0.1, 0.15) is 6.04 Å². The van der Waals surface area contributed by atoms with Gasteiger partial charge >= 0.3 is 0 Å². The van der Waals surface area contributed by atoms with Crippen molar-refractivity contribution in [3.8, 4) is 0 Å². The molecule has 1 atom stereocenters. The van der Waals surface area contributed by atoms with Gasteiger partial charge in [-0.15, -0.1) is 0 Å². The van der Waals surface area contributed by atoms with Gasteiger partial charge in [0.05, 0.1) is 6.42 Å². The molecule has 0 fully saturated rings. The molecule has 2 rings (SSSR count). The van der Waals surface area contributed by atoms with Crippen molar-refractivity contribution in [3.63, 3.8) is 0 Å². The Labute approximate surface area is 189 Å². The Bertz CT molecular complexity index is 892. The first-order valence-electron chi connectivity index (χ1n) is 10.2. The monoisotopic (exact) mass is 448 g/mol. The van der Waals surface area contributed by atoms with Gasteiger partial charge in [-0.3, -0.25) is 9.59 Å². The maximum atomic E-state index is 13.4. The third-order valence-corrected chi connectivity index (χ3v) is 5.40. The van der Waals surface area contributed by atoms with Crippen LogP contribution in [0.1, 0.15) is 49.4 Å². The van der Waals surface area contributed by atoms with E-state index in [1.54, 1.807) is 23.1 Å². The fourth-order valence-corrected chi connectivity index (χ4v) is 4.05. The number of nitrogens with one attached hydrogen (secondary N) is 1. The first-order valence-corrected chi connectivity index (χ1v) is 11.0. The van der Waals surface area contributed by atoms with Crippen molar-refractivity contribution in [2.45, 2.75) is 66.1 Å². The lowest BCUT2D eigenvalue weighted by Gasteiger charge is -2.31. The fourth-order valence-electron chi connectivity index (χ4n) is 3.58. The van der Waals surface area contributed by atoms with Crippen LogP contribution in [0.15, 0.2) is 36.4 Å². The Hall–Kier alpha value is -2.04. The van der Waals surface area contributed by atoms with Crippen LogP contribution in [0.2, 0.25) is 10.0 Å². The molecule has 0 aliphatic carbocycles. The summed E-state index contributed by atoms with van der Waals surface area (Å²) in [4.78, 5) is 27.9. The van der Waals surface area contributed by atoms with Crippen LogP contribution in [0.5, 0.6) is 0 Å². The highest BCUT2D eigenvalue weighted by molar-refractivity contribution is 6.35. The standard InChI is InChI=1S/C24H30Cl2N2O2/c1-6-22(24(30)27-15(2)3)28(14-19-7-8-20(25)13-21(19)26)23(29)12-18-10-16(4)9-17(5)11-18/h7-11,13,15,22H,6,12,14H2,1-5H3,(H,27,30)/t22-/m1/s1. The number of carbonyl (C=O) groups excluding carboxylic acids is 2. The second kappa shape index (κ2) is 10.8. The lowest BCUT2D eigenvalue weighted by Crippen LogP contribution is -2.50. The van der Waals surface area contributed by atoms with Gasteiger partial charge in [-0.25, -0.2) is 0 Å². The Balaban J connectivity index is 2.37. The minimum absolute atomic E-state index is 0.0120. The van der Waals surface area contributed by atoms with Gasteiger partial charge in [0.15, 0.2) is 0 Å². The molecule has 0 aromatic heterocycles. The summed E-state index contributed by atoms with van der Waals surface area (Å²) in [6.07, 6.45) is 0.724. The fraction of sp³-hybridized carbons (Fsp3) is 0.417. The van der Waals surface area contributed by atoms with Gasteiger partial charge < -0.3 is 10.2 Å². The number of hydrogen-bond donors (Lipinski definition) is 1. The molecule has 2 amide bonds. The molecule has 162 valence electrons. The summed E-state index contributed by atoms with van der Waals surface area (Å²) >= 11 is 12.4. The lowest BCUT2D eigenvalue weighted by molar-refractivity contribution is -0.141. The number of nitrogens with zero attached hydrogens (tertiary/aromatic N) is 1. The predicted molar refractivity (Wildman–Crippen MR) is 124 cm³/mol. The third-order valence-electron chi connectivity index (χ3n) is 4.81. The molecule has 30 heavy (non-hydrogen) atoms. The van der Waals surface area contributed by atoms with Crippen LogP contribution in [-0.4, -0.2) is 28.8 Å². The van der Waals surface area contributed by atoms with Crippen LogP contribution in [0.4, 0.5) is 0 Å². The first kappa shape index (κ1) is 24.2. The average molecular weight is 449 g/mol. The molecule has 0 aliphatic heterocycles. The molecule has 0 unspecified atom stereocenters. The zero-order valence-corrected chi connectivity index (χ0v) is 19.8. The van der Waals surface area contributed by atoms with Crippen molar-refractivity contribution in [2.24, 2.45) is 0 Å². The average Bonchev–Trinajstić information content (AvgIpc) is 2.61. The summed E-state index contributed by atoms with van der Waals surface area (Å²) in [5.41, 5.74) is 3.90. The zero-order valence-electron chi connectivity index (χ0n) is 18.3. The van der Waals surface area contributed by atoms with Crippen molar-refractivity contribution in [3.05, 3.63) is 68.7 Å². The molecule has 0 aliphatic rings. The Morgan fingerprint density at radius 1 is 1.03 bits per heavy atom. The molecular formula is C24H30Cl2N2O2. The van der Waals surface area contributed by atoms with E-state index in [1.165, 1.54) is 0 Å². The SMILES string of the molecule is CC[C@H](C(=O)NC(C)C)N(Cc1ccc(Cl)cc1Cl)C(=O)Cc1cc(C)cc(C)c1. The van der Waals surface area contributed by atoms with Crippen molar-refractivity contribution in [1.82, 2.24) is 10.2 Å². The van der Waals surface area contributed by atoms with E-state index in [0.29, 0.717) is 16.5 Å². The maximum absolute atomic E-state index is 13.4. The van der Waals surface area contributed by atoms with E-state index in [2.05, 4.69) is 11.4 Å². The summed E-state index contributed by atoms with van der Waals surface area (Å²) in [6.45, 7) is 9.98. The van der Waals surface area contributed by atoms with Gasteiger partial charge in [0, 0.05) is 22.6 Å². The molecule has 0 saturated carbocycles. The molecule has 2 aromatic carbocycles. The molecule has 0 bridgehead atoms. The number of carbonyl (C=O) groups is 2. The topological polar surface area (TPSA) is 49.4 Å². The summed E-state index contributed by atoms with van der Waals surface area (Å²) in [5.74, 6) is -0.275. The second-order valence-corrected chi connectivity index (χ2v) is 8.86. The second-order valence-electron chi connectivity index (χ2n) is 8.02. The van der Waals surface area contributed by atoms with Crippen molar-refractivity contribution >= 4 is 35.0 Å². The quantitative estimate of drug-likeness (QED) is 0.580. The van der Waals surface area contributed by atoms with E-state index in [4.69, 9.17) is 23.2 Å². The highest BCUT2D eigenvalue weighted by Gasteiger charge is 2.29. The number of rotatable bonds is 8. The molecule has 0 spiro atoms. The highest BCUT2D eigenvalue weighted by Crippen LogP contribution is 2.24. The van der Waals surface area contributed by atoms with E-state index < -0.39 is 6.04 Å². The van der Waals surface area contributed by atoms with Gasteiger partial charge in [-0.1, -0.05) is 65.5 Å². The predicted octanol–water partition coefficient (Wildman–Crippen LogP) is 5.48. The molecule has 6 heteroatoms. The molecule has 0 radical (unpaired) electrons. The van der Waals surface area contributed by atoms with E-state index in [0.717, 1.165) is 22.3 Å². The van der Waals surface area contributed by atoms with Crippen LogP contribution in [0, 0.1) is 13.8 Å². The van der Waals surface area contributed by atoms with Crippen LogP contribution in [-0.2, 0) is 22.6 Å². The van der Waals surface area contributed by atoms with Crippen molar-refractivity contribution in [2.75, 3.05) is 0 Å². The van der Waals surface area contributed by atoms with Gasteiger partial charge in [-0.05, 0) is 57.4 Å². The van der Waals surface area contributed by atoms with Crippen molar-refractivity contribution < 1.29 is 9.59 Å². The van der Waals surface area contributed by atoms with Crippen LogP contribution >= 0.6 is 23.2 Å². The minimum Gasteiger partial charge on any atom is -0.352 e. The minimum atomic E-state index is -0.586. The Kier molecular flexibility index (Phi) is 8.75. The molecule has 0 saturated heterocycles. The van der Waals surface area contributed by atoms with E-state index >= 15 is 0 Å². The van der Waals surface area contributed by atoms with Crippen LogP contribution in [0.3, 0.4) is 0 Å². The number of hydrogen-bond acceptors (Lipinski definition) is 2. The molecule has 2 aromatic rings. The van der Waals surface area contributed by atoms with Gasteiger partial charge in [-0.2, -0.15) is 0 Å². The smallest absolute Gasteiger partial charge is 0.243 e. The van der Waals surface area contributed by atoms with E-state index in [1.807, 2.05) is 46.8 Å². The van der Waals surface area contributed by atoms with Gasteiger partial charge in [0.2, 0.25) is 11.8 Å². The van der Waals surface area contributed by atoms with Gasteiger partial charge in [0.25, 0.3) is 0 Å². The highest BCUT2D eigenvalue weighted by atomic mass is 35.5.